The Hall–Kier alpha value is -3.26. The maximum Gasteiger partial charge on any atom is 0.338 e. The van der Waals surface area contributed by atoms with E-state index in [9.17, 15) is 9.59 Å². The summed E-state index contributed by atoms with van der Waals surface area (Å²) < 4.78 is 11.1. The molecule has 3 rings (SSSR count). The van der Waals surface area contributed by atoms with Gasteiger partial charge < -0.3 is 20.1 Å². The molecule has 1 atom stereocenters. The normalized spacial score (nSPS) is 15.4. The number of para-hydroxylation sites is 2. The molecule has 174 valence electrons. The molecule has 0 spiro atoms. The molecule has 0 aliphatic carbocycles. The van der Waals surface area contributed by atoms with Gasteiger partial charge in [0.25, 0.3) is 0 Å². The molecule has 1 aliphatic rings. The number of nitrogens with one attached hydrogen (secondary N) is 2. The van der Waals surface area contributed by atoms with Crippen molar-refractivity contribution in [2.75, 3.05) is 24.3 Å². The lowest BCUT2D eigenvalue weighted by Gasteiger charge is -2.26. The molecule has 2 aromatic carbocycles. The van der Waals surface area contributed by atoms with Crippen molar-refractivity contribution in [3.63, 3.8) is 0 Å². The van der Waals surface area contributed by atoms with Gasteiger partial charge in [-0.3, -0.25) is 4.79 Å². The van der Waals surface area contributed by atoms with Gasteiger partial charge in [-0.1, -0.05) is 48.2 Å². The van der Waals surface area contributed by atoms with Gasteiger partial charge in [0.2, 0.25) is 5.91 Å². The summed E-state index contributed by atoms with van der Waals surface area (Å²) in [6.45, 7) is 8.19. The molecule has 1 amide bonds. The molecular formula is C25H29N3O4S. The molecular weight excluding hydrogens is 438 g/mol. The van der Waals surface area contributed by atoms with Crippen LogP contribution in [0.3, 0.4) is 0 Å². The van der Waals surface area contributed by atoms with Crippen LogP contribution in [0, 0.1) is 6.92 Å². The fourth-order valence-corrected chi connectivity index (χ4v) is 4.19. The van der Waals surface area contributed by atoms with Gasteiger partial charge in [-0.2, -0.15) is 0 Å². The number of carbonyl (C=O) groups is 2. The van der Waals surface area contributed by atoms with E-state index in [1.807, 2.05) is 69.3 Å². The Kier molecular flexibility index (Phi) is 8.54. The van der Waals surface area contributed by atoms with Crippen LogP contribution in [0.2, 0.25) is 0 Å². The van der Waals surface area contributed by atoms with Crippen molar-refractivity contribution >= 4 is 34.5 Å². The maximum atomic E-state index is 12.8. The molecule has 0 fully saturated rings. The van der Waals surface area contributed by atoms with E-state index in [1.165, 1.54) is 11.8 Å². The number of aliphatic imine (C=N–C) groups is 1. The maximum absolute atomic E-state index is 12.8. The third-order valence-corrected chi connectivity index (χ3v) is 5.87. The molecule has 33 heavy (non-hydrogen) atoms. The molecule has 1 heterocycles. The number of allylic oxidation sites excluding steroid dienone is 1. The Balaban J connectivity index is 1.83. The summed E-state index contributed by atoms with van der Waals surface area (Å²) in [6, 6.07) is 14.5. The average Bonchev–Trinajstić information content (AvgIpc) is 2.79. The number of esters is 1. The van der Waals surface area contributed by atoms with Crippen LogP contribution in [-0.2, 0) is 14.3 Å². The molecule has 0 bridgehead atoms. The van der Waals surface area contributed by atoms with Gasteiger partial charge in [-0.15, -0.1) is 0 Å². The zero-order valence-corrected chi connectivity index (χ0v) is 20.1. The predicted molar refractivity (Wildman–Crippen MR) is 133 cm³/mol. The van der Waals surface area contributed by atoms with E-state index in [1.54, 1.807) is 6.92 Å². The topological polar surface area (TPSA) is 89.0 Å². The zero-order valence-electron chi connectivity index (χ0n) is 19.3. The van der Waals surface area contributed by atoms with Gasteiger partial charge in [0, 0.05) is 16.9 Å². The van der Waals surface area contributed by atoms with E-state index >= 15 is 0 Å². The van der Waals surface area contributed by atoms with Gasteiger partial charge in [0.1, 0.15) is 11.8 Å². The Morgan fingerprint density at radius 1 is 1.06 bits per heavy atom. The number of thioether (sulfide) groups is 1. The summed E-state index contributed by atoms with van der Waals surface area (Å²) in [4.78, 5) is 30.1. The van der Waals surface area contributed by atoms with Crippen LogP contribution in [0.25, 0.3) is 0 Å². The third kappa shape index (κ3) is 6.16. The second kappa shape index (κ2) is 11.6. The van der Waals surface area contributed by atoms with E-state index in [-0.39, 0.29) is 18.3 Å². The number of benzene rings is 2. The lowest BCUT2D eigenvalue weighted by atomic mass is 9.96. The summed E-state index contributed by atoms with van der Waals surface area (Å²) in [6.07, 6.45) is 0. The Morgan fingerprint density at radius 2 is 1.79 bits per heavy atom. The molecule has 8 heteroatoms. The monoisotopic (exact) mass is 467 g/mol. The second-order valence-electron chi connectivity index (χ2n) is 7.34. The number of nitrogens with zero attached hydrogens (tertiary/aromatic N) is 1. The fraction of sp³-hybridized carbons (Fsp3) is 0.320. The number of amides is 1. The van der Waals surface area contributed by atoms with Crippen molar-refractivity contribution in [3.05, 3.63) is 70.9 Å². The number of hydrogen-bond donors (Lipinski definition) is 2. The number of hydrogen-bond acceptors (Lipinski definition) is 7. The predicted octanol–water partition coefficient (Wildman–Crippen LogP) is 4.60. The number of aryl methyl sites for hydroxylation is 1. The van der Waals surface area contributed by atoms with E-state index in [0.29, 0.717) is 28.8 Å². The highest BCUT2D eigenvalue weighted by molar-refractivity contribution is 8.14. The first-order chi connectivity index (χ1) is 15.9. The molecule has 0 saturated heterocycles. The minimum Gasteiger partial charge on any atom is -0.494 e. The highest BCUT2D eigenvalue weighted by Crippen LogP contribution is 2.37. The van der Waals surface area contributed by atoms with Crippen LogP contribution in [0.5, 0.6) is 5.75 Å². The number of anilines is 1. The second-order valence-corrected chi connectivity index (χ2v) is 8.31. The van der Waals surface area contributed by atoms with Crippen molar-refractivity contribution in [2.45, 2.75) is 33.7 Å². The smallest absolute Gasteiger partial charge is 0.338 e. The highest BCUT2D eigenvalue weighted by atomic mass is 32.2. The summed E-state index contributed by atoms with van der Waals surface area (Å²) >= 11 is 1.28. The van der Waals surface area contributed by atoms with Gasteiger partial charge in [-0.25, -0.2) is 9.79 Å². The van der Waals surface area contributed by atoms with Crippen LogP contribution in [0.4, 0.5) is 5.69 Å². The van der Waals surface area contributed by atoms with E-state index < -0.39 is 12.0 Å². The van der Waals surface area contributed by atoms with Crippen LogP contribution < -0.4 is 15.4 Å². The number of carbonyl (C=O) groups excluding carboxylic acids is 2. The molecule has 0 aromatic heterocycles. The van der Waals surface area contributed by atoms with Crippen LogP contribution >= 0.6 is 11.8 Å². The third-order valence-electron chi connectivity index (χ3n) is 4.99. The summed E-state index contributed by atoms with van der Waals surface area (Å²) in [5.74, 6) is 0.265. The van der Waals surface area contributed by atoms with Crippen molar-refractivity contribution < 1.29 is 19.1 Å². The minimum atomic E-state index is -0.602. The Morgan fingerprint density at radius 3 is 2.52 bits per heavy atom. The molecule has 7 nitrogen and oxygen atoms in total. The van der Waals surface area contributed by atoms with Crippen molar-refractivity contribution in [1.82, 2.24) is 5.32 Å². The number of rotatable bonds is 8. The summed E-state index contributed by atoms with van der Waals surface area (Å²) in [5.41, 5.74) is 3.62. The number of ether oxygens (including phenoxy) is 2. The summed E-state index contributed by atoms with van der Waals surface area (Å²) in [5, 5.41) is 6.64. The van der Waals surface area contributed by atoms with E-state index in [0.717, 1.165) is 16.8 Å². The molecule has 2 N–H and O–H groups in total. The van der Waals surface area contributed by atoms with Gasteiger partial charge in [-0.05, 0) is 45.4 Å². The molecule has 0 unspecified atom stereocenters. The lowest BCUT2D eigenvalue weighted by molar-refractivity contribution is -0.139. The fourth-order valence-electron chi connectivity index (χ4n) is 3.45. The zero-order chi connectivity index (χ0) is 23.8. The first-order valence-electron chi connectivity index (χ1n) is 10.9. The van der Waals surface area contributed by atoms with Crippen molar-refractivity contribution in [2.24, 2.45) is 4.99 Å². The van der Waals surface area contributed by atoms with Crippen molar-refractivity contribution in [1.29, 1.82) is 0 Å². The van der Waals surface area contributed by atoms with Crippen molar-refractivity contribution in [3.8, 4) is 5.75 Å². The lowest BCUT2D eigenvalue weighted by Crippen LogP contribution is -2.31. The van der Waals surface area contributed by atoms with Gasteiger partial charge in [0.15, 0.2) is 5.17 Å². The first kappa shape index (κ1) is 24.4. The van der Waals surface area contributed by atoms with E-state index in [2.05, 4.69) is 10.6 Å². The average molecular weight is 468 g/mol. The number of amidine groups is 1. The molecule has 0 saturated carbocycles. The summed E-state index contributed by atoms with van der Waals surface area (Å²) in [7, 11) is 0. The van der Waals surface area contributed by atoms with Crippen LogP contribution in [0.1, 0.15) is 37.9 Å². The molecule has 2 aromatic rings. The van der Waals surface area contributed by atoms with Gasteiger partial charge >= 0.3 is 5.97 Å². The largest absolute Gasteiger partial charge is 0.494 e. The van der Waals surface area contributed by atoms with Crippen LogP contribution in [0.15, 0.2) is 64.8 Å². The highest BCUT2D eigenvalue weighted by Gasteiger charge is 2.32. The first-order valence-corrected chi connectivity index (χ1v) is 11.9. The van der Waals surface area contributed by atoms with Gasteiger partial charge in [0.05, 0.1) is 24.5 Å². The molecule has 1 aliphatic heterocycles. The Labute approximate surface area is 198 Å². The Bertz CT molecular complexity index is 1080. The van der Waals surface area contributed by atoms with E-state index in [4.69, 9.17) is 14.5 Å². The van der Waals surface area contributed by atoms with Crippen LogP contribution in [-0.4, -0.2) is 36.0 Å². The minimum absolute atomic E-state index is 0.136. The quantitative estimate of drug-likeness (QED) is 0.552. The SMILES string of the molecule is CCOC(=O)C1=C(C)NC(SCC(=O)Nc2ccccc2C)=N[C@H]1c1ccccc1OCC. The standard InChI is InChI=1S/C25H29N3O4S/c1-5-31-20-14-10-8-12-18(20)23-22(24(30)32-6-2)17(4)26-25(28-23)33-15-21(29)27-19-13-9-7-11-16(19)3/h7-14,23H,5-6,15H2,1-4H3,(H,26,28)(H,27,29)/t23-/m0/s1. The molecule has 0 radical (unpaired) electrons.